The summed E-state index contributed by atoms with van der Waals surface area (Å²) in [6.45, 7) is -0.222. The molecule has 2 aromatic rings. The quantitative estimate of drug-likeness (QED) is 0.282. The Balaban J connectivity index is 2.54. The SMILES string of the molecule is COC(=O)c1ccccc1C(=O)c1cc(OC)c(OC)cc1CCC[N+](=O)[O-]. The molecule has 0 aromatic heterocycles. The number of hydrogen-bond acceptors (Lipinski definition) is 7. The maximum Gasteiger partial charge on any atom is 0.338 e. The fourth-order valence-corrected chi connectivity index (χ4v) is 2.85. The molecule has 0 bridgehead atoms. The van der Waals surface area contributed by atoms with E-state index in [4.69, 9.17) is 14.2 Å². The fraction of sp³-hybridized carbons (Fsp3) is 0.300. The van der Waals surface area contributed by atoms with Crippen LogP contribution >= 0.6 is 0 Å². The number of carbonyl (C=O) groups is 2. The first-order valence-electron chi connectivity index (χ1n) is 8.51. The molecule has 2 rings (SSSR count). The second kappa shape index (κ2) is 9.50. The zero-order chi connectivity index (χ0) is 20.7. The largest absolute Gasteiger partial charge is 0.493 e. The third kappa shape index (κ3) is 4.64. The summed E-state index contributed by atoms with van der Waals surface area (Å²) >= 11 is 0. The van der Waals surface area contributed by atoms with Gasteiger partial charge in [0.15, 0.2) is 17.3 Å². The zero-order valence-corrected chi connectivity index (χ0v) is 15.9. The van der Waals surface area contributed by atoms with Gasteiger partial charge in [0.05, 0.1) is 26.9 Å². The Morgan fingerprint density at radius 1 is 0.964 bits per heavy atom. The average Bonchev–Trinajstić information content (AvgIpc) is 2.71. The Hall–Kier alpha value is -3.42. The van der Waals surface area contributed by atoms with Crippen molar-refractivity contribution in [3.05, 3.63) is 68.8 Å². The van der Waals surface area contributed by atoms with E-state index in [0.717, 1.165) is 0 Å². The third-order valence-corrected chi connectivity index (χ3v) is 4.22. The van der Waals surface area contributed by atoms with Crippen molar-refractivity contribution in [3.8, 4) is 11.5 Å². The number of ether oxygens (including phenoxy) is 3. The first kappa shape index (κ1) is 20.9. The Morgan fingerprint density at radius 2 is 1.57 bits per heavy atom. The number of esters is 1. The smallest absolute Gasteiger partial charge is 0.338 e. The van der Waals surface area contributed by atoms with Crippen molar-refractivity contribution >= 4 is 11.8 Å². The lowest BCUT2D eigenvalue weighted by atomic mass is 9.92. The van der Waals surface area contributed by atoms with Crippen LogP contribution < -0.4 is 9.47 Å². The monoisotopic (exact) mass is 387 g/mol. The lowest BCUT2D eigenvalue weighted by Crippen LogP contribution is -2.14. The molecule has 0 fully saturated rings. The highest BCUT2D eigenvalue weighted by atomic mass is 16.6. The molecule has 0 aliphatic carbocycles. The molecule has 0 heterocycles. The number of benzene rings is 2. The molecule has 0 radical (unpaired) electrons. The summed E-state index contributed by atoms with van der Waals surface area (Å²) in [6.07, 6.45) is 0.546. The van der Waals surface area contributed by atoms with Crippen LogP contribution in [-0.4, -0.2) is 44.6 Å². The Kier molecular flexibility index (Phi) is 7.08. The maximum atomic E-state index is 13.2. The molecular formula is C20H21NO7. The Labute approximate surface area is 162 Å². The first-order chi connectivity index (χ1) is 13.4. The lowest BCUT2D eigenvalue weighted by Gasteiger charge is -2.15. The van der Waals surface area contributed by atoms with Gasteiger partial charge in [-0.2, -0.15) is 0 Å². The zero-order valence-electron chi connectivity index (χ0n) is 15.9. The molecular weight excluding hydrogens is 366 g/mol. The summed E-state index contributed by atoms with van der Waals surface area (Å²) in [5.41, 5.74) is 1.18. The number of methoxy groups -OCH3 is 3. The van der Waals surface area contributed by atoms with Gasteiger partial charge in [-0.05, 0) is 30.2 Å². The third-order valence-electron chi connectivity index (χ3n) is 4.22. The van der Waals surface area contributed by atoms with Crippen LogP contribution in [0.5, 0.6) is 11.5 Å². The molecule has 0 amide bonds. The molecule has 8 nitrogen and oxygen atoms in total. The second-order valence-electron chi connectivity index (χ2n) is 5.89. The van der Waals surface area contributed by atoms with E-state index in [-0.39, 0.29) is 29.7 Å². The lowest BCUT2D eigenvalue weighted by molar-refractivity contribution is -0.480. The van der Waals surface area contributed by atoms with Crippen molar-refractivity contribution < 1.29 is 28.7 Å². The fourth-order valence-electron chi connectivity index (χ4n) is 2.85. The number of ketones is 1. The van der Waals surface area contributed by atoms with Crippen molar-refractivity contribution in [2.45, 2.75) is 12.8 Å². The van der Waals surface area contributed by atoms with Crippen LogP contribution in [0.25, 0.3) is 0 Å². The highest BCUT2D eigenvalue weighted by molar-refractivity contribution is 6.15. The van der Waals surface area contributed by atoms with Gasteiger partial charge in [-0.15, -0.1) is 0 Å². The van der Waals surface area contributed by atoms with E-state index in [1.165, 1.54) is 39.5 Å². The first-order valence-corrected chi connectivity index (χ1v) is 8.51. The van der Waals surface area contributed by atoms with E-state index in [9.17, 15) is 19.7 Å². The number of nitro groups is 1. The van der Waals surface area contributed by atoms with Gasteiger partial charge in [-0.3, -0.25) is 14.9 Å². The molecule has 0 aliphatic heterocycles. The van der Waals surface area contributed by atoms with Crippen LogP contribution in [0.1, 0.15) is 38.3 Å². The van der Waals surface area contributed by atoms with Gasteiger partial charge >= 0.3 is 5.97 Å². The van der Waals surface area contributed by atoms with E-state index >= 15 is 0 Å². The van der Waals surface area contributed by atoms with Crippen LogP contribution in [0.2, 0.25) is 0 Å². The molecule has 2 aromatic carbocycles. The van der Waals surface area contributed by atoms with Gasteiger partial charge < -0.3 is 14.2 Å². The van der Waals surface area contributed by atoms with Crippen molar-refractivity contribution in [1.29, 1.82) is 0 Å². The van der Waals surface area contributed by atoms with Crippen molar-refractivity contribution in [1.82, 2.24) is 0 Å². The molecule has 28 heavy (non-hydrogen) atoms. The Bertz CT molecular complexity index is 892. The minimum Gasteiger partial charge on any atom is -0.493 e. The number of aryl methyl sites for hydroxylation is 1. The minimum atomic E-state index is -0.626. The minimum absolute atomic E-state index is 0.140. The van der Waals surface area contributed by atoms with Gasteiger partial charge in [0.25, 0.3) is 0 Å². The van der Waals surface area contributed by atoms with Crippen LogP contribution in [0, 0.1) is 10.1 Å². The summed E-state index contributed by atoms with van der Waals surface area (Å²) in [5, 5.41) is 10.6. The molecule has 0 saturated carbocycles. The molecule has 0 N–H and O–H groups in total. The Morgan fingerprint density at radius 3 is 2.14 bits per heavy atom. The average molecular weight is 387 g/mol. The van der Waals surface area contributed by atoms with E-state index in [2.05, 4.69) is 0 Å². The highest BCUT2D eigenvalue weighted by Gasteiger charge is 2.23. The normalized spacial score (nSPS) is 10.2. The molecule has 148 valence electrons. The van der Waals surface area contributed by atoms with E-state index in [1.54, 1.807) is 18.2 Å². The number of carbonyl (C=O) groups excluding carboxylic acids is 2. The van der Waals surface area contributed by atoms with Gasteiger partial charge in [0.1, 0.15) is 0 Å². The van der Waals surface area contributed by atoms with Crippen LogP contribution in [0.3, 0.4) is 0 Å². The summed E-state index contributed by atoms with van der Waals surface area (Å²) in [4.78, 5) is 35.5. The predicted octanol–water partition coefficient (Wildman–Crippen LogP) is 2.93. The highest BCUT2D eigenvalue weighted by Crippen LogP contribution is 2.32. The summed E-state index contributed by atoms with van der Waals surface area (Å²) in [6, 6.07) is 9.48. The van der Waals surface area contributed by atoms with Crippen molar-refractivity contribution in [2.24, 2.45) is 0 Å². The summed E-state index contributed by atoms with van der Waals surface area (Å²) in [7, 11) is 4.15. The van der Waals surface area contributed by atoms with Crippen LogP contribution in [0.4, 0.5) is 0 Å². The molecule has 0 spiro atoms. The number of rotatable bonds is 9. The van der Waals surface area contributed by atoms with Crippen LogP contribution in [-0.2, 0) is 11.2 Å². The summed E-state index contributed by atoms with van der Waals surface area (Å²) in [5.74, 6) is -0.270. The van der Waals surface area contributed by atoms with Crippen LogP contribution in [0.15, 0.2) is 36.4 Å². The van der Waals surface area contributed by atoms with E-state index in [0.29, 0.717) is 23.5 Å². The molecule has 0 atom stereocenters. The van der Waals surface area contributed by atoms with Gasteiger partial charge in [0, 0.05) is 22.5 Å². The second-order valence-corrected chi connectivity index (χ2v) is 5.89. The van der Waals surface area contributed by atoms with Gasteiger partial charge in [0.2, 0.25) is 6.54 Å². The number of nitrogens with zero attached hydrogens (tertiary/aromatic N) is 1. The van der Waals surface area contributed by atoms with E-state index < -0.39 is 16.7 Å². The number of hydrogen-bond donors (Lipinski definition) is 0. The molecule has 0 unspecified atom stereocenters. The van der Waals surface area contributed by atoms with Crippen molar-refractivity contribution in [3.63, 3.8) is 0 Å². The van der Waals surface area contributed by atoms with Gasteiger partial charge in [-0.1, -0.05) is 18.2 Å². The van der Waals surface area contributed by atoms with E-state index in [1.807, 2.05) is 0 Å². The standard InChI is InChI=1S/C20H21NO7/c1-26-17-11-13(7-6-10-21(24)25)16(12-18(17)27-2)19(22)14-8-4-5-9-15(14)20(23)28-3/h4-5,8-9,11-12H,6-7,10H2,1-3H3. The van der Waals surface area contributed by atoms with Gasteiger partial charge in [-0.25, -0.2) is 4.79 Å². The molecule has 0 saturated heterocycles. The van der Waals surface area contributed by atoms with Crippen molar-refractivity contribution in [2.75, 3.05) is 27.9 Å². The predicted molar refractivity (Wildman–Crippen MR) is 101 cm³/mol. The summed E-state index contributed by atoms with van der Waals surface area (Å²) < 4.78 is 15.3. The topological polar surface area (TPSA) is 105 Å². The maximum absolute atomic E-state index is 13.2. The molecule has 8 heteroatoms. The molecule has 0 aliphatic rings.